The van der Waals surface area contributed by atoms with Crippen LogP contribution in [0.4, 0.5) is 4.79 Å². The summed E-state index contributed by atoms with van der Waals surface area (Å²) in [5.74, 6) is -0.767. The molecule has 1 aromatic rings. The quantitative estimate of drug-likeness (QED) is 0.813. The summed E-state index contributed by atoms with van der Waals surface area (Å²) in [5, 5.41) is 12.4. The largest absolute Gasteiger partial charge is 0.480 e. The number of aliphatic carboxylic acids is 1. The van der Waals surface area contributed by atoms with E-state index in [1.165, 1.54) is 5.56 Å². The molecule has 29 heavy (non-hydrogen) atoms. The molecule has 1 aromatic carbocycles. The summed E-state index contributed by atoms with van der Waals surface area (Å²) in [5.41, 5.74) is 2.44. The van der Waals surface area contributed by atoms with Crippen molar-refractivity contribution in [3.8, 4) is 0 Å². The third-order valence-electron chi connectivity index (χ3n) is 6.69. The number of amides is 3. The predicted molar refractivity (Wildman–Crippen MR) is 107 cm³/mol. The van der Waals surface area contributed by atoms with Crippen molar-refractivity contribution in [2.75, 3.05) is 13.1 Å². The topological polar surface area (TPSA) is 90.0 Å². The second-order valence-corrected chi connectivity index (χ2v) is 8.42. The van der Waals surface area contributed by atoms with Crippen molar-refractivity contribution in [1.82, 2.24) is 15.1 Å². The number of hydrogen-bond donors (Lipinski definition) is 2. The standard InChI is InChI=1S/C22H29N3O4/c26-20(25-18-8-4-3-6-16(18)13-19(25)21(27)28)9-11-23-22(29)24-12-10-15-5-1-2-7-17(15)14-24/h1-2,5,7,16,18-19H,3-4,6,8-14H2,(H,23,29)(H,27,28). The van der Waals surface area contributed by atoms with Crippen molar-refractivity contribution >= 4 is 17.9 Å². The monoisotopic (exact) mass is 399 g/mol. The minimum atomic E-state index is -0.913. The van der Waals surface area contributed by atoms with Crippen molar-refractivity contribution in [3.05, 3.63) is 35.4 Å². The van der Waals surface area contributed by atoms with Crippen molar-refractivity contribution in [2.24, 2.45) is 5.92 Å². The van der Waals surface area contributed by atoms with Gasteiger partial charge in [-0.2, -0.15) is 0 Å². The Morgan fingerprint density at radius 2 is 1.86 bits per heavy atom. The van der Waals surface area contributed by atoms with Gasteiger partial charge < -0.3 is 20.2 Å². The SMILES string of the molecule is O=C(O)C1CC2CCCCC2N1C(=O)CCNC(=O)N1CCc2ccccc2C1. The molecule has 2 heterocycles. The van der Waals surface area contributed by atoms with E-state index in [9.17, 15) is 19.5 Å². The molecule has 0 aromatic heterocycles. The molecule has 4 rings (SSSR count). The van der Waals surface area contributed by atoms with Crippen LogP contribution in [0.2, 0.25) is 0 Å². The van der Waals surface area contributed by atoms with Gasteiger partial charge in [-0.25, -0.2) is 9.59 Å². The van der Waals surface area contributed by atoms with Gasteiger partial charge in [-0.05, 0) is 42.7 Å². The highest BCUT2D eigenvalue weighted by molar-refractivity contribution is 5.85. The van der Waals surface area contributed by atoms with Gasteiger partial charge in [0.1, 0.15) is 6.04 Å². The number of nitrogens with zero attached hydrogens (tertiary/aromatic N) is 2. The highest BCUT2D eigenvalue weighted by Gasteiger charge is 2.47. The van der Waals surface area contributed by atoms with Gasteiger partial charge in [0.15, 0.2) is 0 Å². The van der Waals surface area contributed by atoms with Gasteiger partial charge in [0.2, 0.25) is 5.91 Å². The number of carbonyl (C=O) groups is 3. The van der Waals surface area contributed by atoms with Crippen LogP contribution in [0.15, 0.2) is 24.3 Å². The van der Waals surface area contributed by atoms with Crippen molar-refractivity contribution in [1.29, 1.82) is 0 Å². The molecule has 0 bridgehead atoms. The Kier molecular flexibility index (Phi) is 5.74. The van der Waals surface area contributed by atoms with Gasteiger partial charge in [0.05, 0.1) is 0 Å². The lowest BCUT2D eigenvalue weighted by Gasteiger charge is -2.33. The first-order valence-corrected chi connectivity index (χ1v) is 10.7. The summed E-state index contributed by atoms with van der Waals surface area (Å²) in [6.45, 7) is 1.47. The third kappa shape index (κ3) is 4.09. The van der Waals surface area contributed by atoms with E-state index in [1.54, 1.807) is 9.80 Å². The summed E-state index contributed by atoms with van der Waals surface area (Å²) in [7, 11) is 0. The summed E-state index contributed by atoms with van der Waals surface area (Å²) in [4.78, 5) is 40.4. The van der Waals surface area contributed by atoms with Crippen LogP contribution in [0.25, 0.3) is 0 Å². The lowest BCUT2D eigenvalue weighted by Crippen LogP contribution is -2.48. The molecule has 0 radical (unpaired) electrons. The normalized spacial score (nSPS) is 25.9. The number of carboxylic acids is 1. The Hall–Kier alpha value is -2.57. The van der Waals surface area contributed by atoms with E-state index < -0.39 is 12.0 Å². The molecule has 2 N–H and O–H groups in total. The van der Waals surface area contributed by atoms with Crippen LogP contribution in [0, 0.1) is 5.92 Å². The number of fused-ring (bicyclic) bond motifs is 2. The lowest BCUT2D eigenvalue weighted by molar-refractivity contribution is -0.149. The van der Waals surface area contributed by atoms with E-state index in [2.05, 4.69) is 11.4 Å². The predicted octanol–water partition coefficient (Wildman–Crippen LogP) is 2.39. The summed E-state index contributed by atoms with van der Waals surface area (Å²) in [6, 6.07) is 7.29. The zero-order valence-corrected chi connectivity index (χ0v) is 16.7. The highest BCUT2D eigenvalue weighted by atomic mass is 16.4. The fourth-order valence-corrected chi connectivity index (χ4v) is 5.23. The molecular weight excluding hydrogens is 370 g/mol. The van der Waals surface area contributed by atoms with Gasteiger partial charge in [-0.15, -0.1) is 0 Å². The van der Waals surface area contributed by atoms with Crippen LogP contribution in [0.1, 0.15) is 49.7 Å². The fraction of sp³-hybridized carbons (Fsp3) is 0.591. The molecule has 156 valence electrons. The highest BCUT2D eigenvalue weighted by Crippen LogP contribution is 2.40. The van der Waals surface area contributed by atoms with E-state index in [1.807, 2.05) is 18.2 Å². The maximum absolute atomic E-state index is 12.8. The van der Waals surface area contributed by atoms with Crippen LogP contribution in [0.3, 0.4) is 0 Å². The minimum absolute atomic E-state index is 0.0478. The van der Waals surface area contributed by atoms with Crippen LogP contribution in [0.5, 0.6) is 0 Å². The molecule has 2 fully saturated rings. The van der Waals surface area contributed by atoms with Gasteiger partial charge in [0.25, 0.3) is 0 Å². The first-order chi connectivity index (χ1) is 14.0. The Labute approximate surface area is 171 Å². The van der Waals surface area contributed by atoms with Crippen molar-refractivity contribution in [3.63, 3.8) is 0 Å². The Balaban J connectivity index is 1.30. The van der Waals surface area contributed by atoms with E-state index in [0.29, 0.717) is 25.4 Å². The van der Waals surface area contributed by atoms with Gasteiger partial charge in [-0.3, -0.25) is 4.79 Å². The fourth-order valence-electron chi connectivity index (χ4n) is 5.23. The van der Waals surface area contributed by atoms with Gasteiger partial charge in [-0.1, -0.05) is 37.1 Å². The number of benzene rings is 1. The van der Waals surface area contributed by atoms with E-state index in [4.69, 9.17) is 0 Å². The van der Waals surface area contributed by atoms with Crippen LogP contribution in [-0.4, -0.2) is 58.0 Å². The maximum Gasteiger partial charge on any atom is 0.326 e. The molecule has 3 unspecified atom stereocenters. The van der Waals surface area contributed by atoms with Gasteiger partial charge in [0, 0.05) is 32.1 Å². The molecule has 3 amide bonds. The number of hydrogen-bond acceptors (Lipinski definition) is 3. The van der Waals surface area contributed by atoms with E-state index in [0.717, 1.165) is 37.7 Å². The molecule has 7 heteroatoms. The maximum atomic E-state index is 12.8. The zero-order chi connectivity index (χ0) is 20.4. The Morgan fingerprint density at radius 3 is 2.66 bits per heavy atom. The molecule has 3 atom stereocenters. The van der Waals surface area contributed by atoms with Crippen LogP contribution < -0.4 is 5.32 Å². The first kappa shape index (κ1) is 19.7. The molecule has 2 aliphatic heterocycles. The summed E-state index contributed by atoms with van der Waals surface area (Å²) >= 11 is 0. The van der Waals surface area contributed by atoms with E-state index >= 15 is 0 Å². The Bertz CT molecular complexity index is 796. The number of nitrogens with one attached hydrogen (secondary N) is 1. The number of rotatable bonds is 4. The second kappa shape index (κ2) is 8.43. The first-order valence-electron chi connectivity index (χ1n) is 10.7. The van der Waals surface area contributed by atoms with Crippen molar-refractivity contribution in [2.45, 2.75) is 63.6 Å². The van der Waals surface area contributed by atoms with Crippen molar-refractivity contribution < 1.29 is 19.5 Å². The molecule has 7 nitrogen and oxygen atoms in total. The molecule has 1 aliphatic carbocycles. The number of carbonyl (C=O) groups excluding carboxylic acids is 2. The number of likely N-dealkylation sites (tertiary alicyclic amines) is 1. The number of urea groups is 1. The molecular formula is C22H29N3O4. The molecule has 3 aliphatic rings. The Morgan fingerprint density at radius 1 is 1.10 bits per heavy atom. The average molecular weight is 399 g/mol. The smallest absolute Gasteiger partial charge is 0.326 e. The van der Waals surface area contributed by atoms with Gasteiger partial charge >= 0.3 is 12.0 Å². The zero-order valence-electron chi connectivity index (χ0n) is 16.7. The van der Waals surface area contributed by atoms with Crippen LogP contribution in [-0.2, 0) is 22.6 Å². The second-order valence-electron chi connectivity index (χ2n) is 8.42. The molecule has 1 saturated carbocycles. The third-order valence-corrected chi connectivity index (χ3v) is 6.69. The van der Waals surface area contributed by atoms with Crippen LogP contribution >= 0.6 is 0 Å². The lowest BCUT2D eigenvalue weighted by atomic mass is 9.84. The summed E-state index contributed by atoms with van der Waals surface area (Å²) < 4.78 is 0. The van der Waals surface area contributed by atoms with E-state index in [-0.39, 0.29) is 30.9 Å². The average Bonchev–Trinajstić information content (AvgIpc) is 3.13. The minimum Gasteiger partial charge on any atom is -0.480 e. The number of carboxylic acid groups (broad SMARTS) is 1. The summed E-state index contributed by atoms with van der Waals surface area (Å²) in [6.07, 6.45) is 5.59. The molecule has 0 spiro atoms. The molecule has 1 saturated heterocycles.